The summed E-state index contributed by atoms with van der Waals surface area (Å²) in [6.07, 6.45) is 1.64. The van der Waals surface area contributed by atoms with Crippen molar-refractivity contribution in [2.75, 3.05) is 35.7 Å². The van der Waals surface area contributed by atoms with Crippen molar-refractivity contribution in [2.45, 2.75) is 20.4 Å². The predicted octanol–water partition coefficient (Wildman–Crippen LogP) is 1.16. The lowest BCUT2D eigenvalue weighted by atomic mass is 10.4. The van der Waals surface area contributed by atoms with Crippen LogP contribution >= 0.6 is 0 Å². The van der Waals surface area contributed by atoms with Crippen LogP contribution in [0.25, 0.3) is 0 Å². The molecule has 0 atom stereocenters. The van der Waals surface area contributed by atoms with Gasteiger partial charge in [0.2, 0.25) is 17.8 Å². The molecule has 2 aromatic rings. The fourth-order valence-corrected chi connectivity index (χ4v) is 1.80. The van der Waals surface area contributed by atoms with Crippen LogP contribution in [0.4, 0.5) is 17.8 Å². The highest BCUT2D eigenvalue weighted by Crippen LogP contribution is 2.13. The second-order valence-corrected chi connectivity index (χ2v) is 4.27. The van der Waals surface area contributed by atoms with E-state index in [1.165, 1.54) is 0 Å². The van der Waals surface area contributed by atoms with Crippen molar-refractivity contribution in [3.63, 3.8) is 0 Å². The molecule has 0 spiro atoms. The van der Waals surface area contributed by atoms with E-state index in [4.69, 9.17) is 0 Å². The van der Waals surface area contributed by atoms with Crippen LogP contribution in [-0.2, 0) is 6.54 Å². The monoisotopic (exact) mass is 288 g/mol. The van der Waals surface area contributed by atoms with Crippen LogP contribution in [0.2, 0.25) is 0 Å². The lowest BCUT2D eigenvalue weighted by Crippen LogP contribution is -2.25. The summed E-state index contributed by atoms with van der Waals surface area (Å²) in [5.74, 6) is 1.71. The Morgan fingerprint density at radius 3 is 2.48 bits per heavy atom. The molecule has 0 unspecified atom stereocenters. The Hall–Kier alpha value is -2.51. The molecule has 0 aromatic carbocycles. The van der Waals surface area contributed by atoms with Crippen molar-refractivity contribution in [3.05, 3.63) is 24.0 Å². The molecular weight excluding hydrogens is 268 g/mol. The molecule has 8 heteroatoms. The van der Waals surface area contributed by atoms with E-state index in [-0.39, 0.29) is 0 Å². The first-order valence-electron chi connectivity index (χ1n) is 6.96. The molecule has 0 aliphatic rings. The Bertz CT molecular complexity index is 555. The van der Waals surface area contributed by atoms with Gasteiger partial charge in [-0.25, -0.2) is 0 Å². The van der Waals surface area contributed by atoms with Gasteiger partial charge >= 0.3 is 0 Å². The SMILES string of the molecule is CCN(CC)c1nc(NC)nc(NCc2cccnn2)n1. The van der Waals surface area contributed by atoms with Crippen LogP contribution in [0, 0.1) is 0 Å². The lowest BCUT2D eigenvalue weighted by Gasteiger charge is -2.19. The Morgan fingerprint density at radius 2 is 1.86 bits per heavy atom. The van der Waals surface area contributed by atoms with E-state index < -0.39 is 0 Å². The van der Waals surface area contributed by atoms with Crippen molar-refractivity contribution < 1.29 is 0 Å². The van der Waals surface area contributed by atoms with E-state index in [2.05, 4.69) is 54.5 Å². The Kier molecular flexibility index (Phi) is 5.19. The van der Waals surface area contributed by atoms with E-state index >= 15 is 0 Å². The second-order valence-electron chi connectivity index (χ2n) is 4.27. The van der Waals surface area contributed by atoms with E-state index in [0.29, 0.717) is 24.4 Å². The van der Waals surface area contributed by atoms with Crippen molar-refractivity contribution in [1.82, 2.24) is 25.1 Å². The van der Waals surface area contributed by atoms with Gasteiger partial charge in [-0.2, -0.15) is 25.1 Å². The number of nitrogens with zero attached hydrogens (tertiary/aromatic N) is 6. The average Bonchev–Trinajstić information content (AvgIpc) is 2.55. The summed E-state index contributed by atoms with van der Waals surface area (Å²) in [6.45, 7) is 6.33. The molecule has 2 aromatic heterocycles. The maximum Gasteiger partial charge on any atom is 0.231 e. The Labute approximate surface area is 124 Å². The van der Waals surface area contributed by atoms with Gasteiger partial charge in [0, 0.05) is 26.3 Å². The zero-order chi connectivity index (χ0) is 15.1. The molecule has 0 aliphatic carbocycles. The molecule has 0 bridgehead atoms. The van der Waals surface area contributed by atoms with Gasteiger partial charge in [0.25, 0.3) is 0 Å². The first-order valence-corrected chi connectivity index (χ1v) is 6.96. The molecule has 0 amide bonds. The third kappa shape index (κ3) is 3.98. The van der Waals surface area contributed by atoms with Crippen LogP contribution in [0.15, 0.2) is 18.3 Å². The number of nitrogens with one attached hydrogen (secondary N) is 2. The normalized spacial score (nSPS) is 10.2. The standard InChI is InChI=1S/C13H20N8/c1-4-21(5-2)13-18-11(14-3)17-12(19-13)15-9-10-7-6-8-16-20-10/h6-8H,4-5,9H2,1-3H3,(H2,14,15,17,18,19). The minimum absolute atomic E-state index is 0.513. The molecular formula is C13H20N8. The van der Waals surface area contributed by atoms with E-state index in [1.807, 2.05) is 12.1 Å². The highest BCUT2D eigenvalue weighted by molar-refractivity contribution is 5.43. The summed E-state index contributed by atoms with van der Waals surface area (Å²) in [5, 5.41) is 14.0. The first-order chi connectivity index (χ1) is 10.3. The summed E-state index contributed by atoms with van der Waals surface area (Å²) in [5.41, 5.74) is 0.827. The molecule has 112 valence electrons. The predicted molar refractivity (Wildman–Crippen MR) is 82.3 cm³/mol. The van der Waals surface area contributed by atoms with Crippen molar-refractivity contribution in [2.24, 2.45) is 0 Å². The van der Waals surface area contributed by atoms with Crippen LogP contribution in [0.1, 0.15) is 19.5 Å². The van der Waals surface area contributed by atoms with Gasteiger partial charge in [-0.1, -0.05) is 0 Å². The third-order valence-electron chi connectivity index (χ3n) is 2.95. The first kappa shape index (κ1) is 14.9. The van der Waals surface area contributed by atoms with Gasteiger partial charge < -0.3 is 15.5 Å². The minimum atomic E-state index is 0.513. The van der Waals surface area contributed by atoms with Gasteiger partial charge in [-0.15, -0.1) is 0 Å². The van der Waals surface area contributed by atoms with E-state index in [9.17, 15) is 0 Å². The number of rotatable bonds is 7. The summed E-state index contributed by atoms with van der Waals surface area (Å²) < 4.78 is 0. The molecule has 21 heavy (non-hydrogen) atoms. The van der Waals surface area contributed by atoms with E-state index in [0.717, 1.165) is 18.8 Å². The fraction of sp³-hybridized carbons (Fsp3) is 0.462. The molecule has 8 nitrogen and oxygen atoms in total. The van der Waals surface area contributed by atoms with Crippen molar-refractivity contribution in [1.29, 1.82) is 0 Å². The molecule has 0 aliphatic heterocycles. The zero-order valence-electron chi connectivity index (χ0n) is 12.5. The fourth-order valence-electron chi connectivity index (χ4n) is 1.80. The number of hydrogen-bond donors (Lipinski definition) is 2. The number of hydrogen-bond acceptors (Lipinski definition) is 8. The lowest BCUT2D eigenvalue weighted by molar-refractivity contribution is 0.811. The van der Waals surface area contributed by atoms with Gasteiger partial charge in [0.15, 0.2) is 0 Å². The number of aromatic nitrogens is 5. The van der Waals surface area contributed by atoms with Gasteiger partial charge in [0.05, 0.1) is 12.2 Å². The molecule has 0 saturated heterocycles. The van der Waals surface area contributed by atoms with Gasteiger partial charge in [-0.05, 0) is 26.0 Å². The Morgan fingerprint density at radius 1 is 1.10 bits per heavy atom. The molecule has 2 N–H and O–H groups in total. The van der Waals surface area contributed by atoms with Gasteiger partial charge in [-0.3, -0.25) is 0 Å². The number of anilines is 3. The molecule has 0 saturated carbocycles. The average molecular weight is 288 g/mol. The minimum Gasteiger partial charge on any atom is -0.357 e. The third-order valence-corrected chi connectivity index (χ3v) is 2.95. The van der Waals surface area contributed by atoms with E-state index in [1.54, 1.807) is 13.2 Å². The maximum absolute atomic E-state index is 4.44. The van der Waals surface area contributed by atoms with Crippen LogP contribution in [0.5, 0.6) is 0 Å². The topological polar surface area (TPSA) is 91.8 Å². The highest BCUT2D eigenvalue weighted by Gasteiger charge is 2.10. The molecule has 0 fully saturated rings. The van der Waals surface area contributed by atoms with Crippen LogP contribution in [0.3, 0.4) is 0 Å². The van der Waals surface area contributed by atoms with Gasteiger partial charge in [0.1, 0.15) is 0 Å². The largest absolute Gasteiger partial charge is 0.357 e. The van der Waals surface area contributed by atoms with Crippen LogP contribution in [-0.4, -0.2) is 45.3 Å². The van der Waals surface area contributed by atoms with Crippen molar-refractivity contribution >= 4 is 17.8 Å². The molecule has 0 radical (unpaired) electrons. The smallest absolute Gasteiger partial charge is 0.231 e. The summed E-state index contributed by atoms with van der Waals surface area (Å²) in [7, 11) is 1.79. The summed E-state index contributed by atoms with van der Waals surface area (Å²) in [4.78, 5) is 15.2. The molecule has 2 heterocycles. The zero-order valence-corrected chi connectivity index (χ0v) is 12.5. The summed E-state index contributed by atoms with van der Waals surface area (Å²) >= 11 is 0. The molecule has 2 rings (SSSR count). The quantitative estimate of drug-likeness (QED) is 0.784. The maximum atomic E-state index is 4.44. The summed E-state index contributed by atoms with van der Waals surface area (Å²) in [6, 6.07) is 3.74. The highest BCUT2D eigenvalue weighted by atomic mass is 15.3. The van der Waals surface area contributed by atoms with Crippen molar-refractivity contribution in [3.8, 4) is 0 Å². The second kappa shape index (κ2) is 7.32. The van der Waals surface area contributed by atoms with Crippen LogP contribution < -0.4 is 15.5 Å². The Balaban J connectivity index is 2.16.